The molecule has 0 atom stereocenters. The van der Waals surface area contributed by atoms with E-state index in [2.05, 4.69) is 9.97 Å². The number of thiazole rings is 1. The van der Waals surface area contributed by atoms with E-state index in [0.29, 0.717) is 17.9 Å². The fourth-order valence-corrected chi connectivity index (χ4v) is 3.08. The lowest BCUT2D eigenvalue weighted by atomic mass is 10.3. The molecule has 2 aromatic heterocycles. The SMILES string of the molecule is Fc1cc2nc(CCl)n(CCc3nccs3)c2cc1Cl. The molecular weight excluding hydrogens is 320 g/mol. The van der Waals surface area contributed by atoms with Gasteiger partial charge in [0.05, 0.1) is 26.9 Å². The number of halogens is 3. The molecule has 0 aliphatic carbocycles. The molecule has 0 radical (unpaired) electrons. The molecule has 20 heavy (non-hydrogen) atoms. The van der Waals surface area contributed by atoms with E-state index in [1.807, 2.05) is 9.95 Å². The van der Waals surface area contributed by atoms with Crippen molar-refractivity contribution in [2.45, 2.75) is 18.8 Å². The predicted molar refractivity (Wildman–Crippen MR) is 80.1 cm³/mol. The van der Waals surface area contributed by atoms with Gasteiger partial charge in [0.15, 0.2) is 0 Å². The Labute approximate surface area is 129 Å². The minimum Gasteiger partial charge on any atom is -0.327 e. The third kappa shape index (κ3) is 2.53. The largest absolute Gasteiger partial charge is 0.327 e. The maximum Gasteiger partial charge on any atom is 0.144 e. The lowest BCUT2D eigenvalue weighted by Gasteiger charge is -2.06. The highest BCUT2D eigenvalue weighted by Crippen LogP contribution is 2.25. The highest BCUT2D eigenvalue weighted by molar-refractivity contribution is 7.09. The summed E-state index contributed by atoms with van der Waals surface area (Å²) in [5.41, 5.74) is 1.37. The molecule has 3 aromatic rings. The summed E-state index contributed by atoms with van der Waals surface area (Å²) < 4.78 is 15.4. The predicted octanol–water partition coefficient (Wildman–Crippen LogP) is 4.27. The number of hydrogen-bond acceptors (Lipinski definition) is 3. The number of rotatable bonds is 4. The highest BCUT2D eigenvalue weighted by Gasteiger charge is 2.13. The molecule has 0 spiro atoms. The molecule has 2 heterocycles. The maximum absolute atomic E-state index is 13.5. The van der Waals surface area contributed by atoms with Gasteiger partial charge in [0.25, 0.3) is 0 Å². The zero-order chi connectivity index (χ0) is 14.1. The van der Waals surface area contributed by atoms with Gasteiger partial charge in [-0.1, -0.05) is 11.6 Å². The smallest absolute Gasteiger partial charge is 0.144 e. The Hall–Kier alpha value is -1.17. The van der Waals surface area contributed by atoms with E-state index in [4.69, 9.17) is 23.2 Å². The van der Waals surface area contributed by atoms with E-state index in [1.54, 1.807) is 23.6 Å². The second kappa shape index (κ2) is 5.68. The summed E-state index contributed by atoms with van der Waals surface area (Å²) in [7, 11) is 0. The van der Waals surface area contributed by atoms with Crippen LogP contribution in [0.4, 0.5) is 4.39 Å². The number of nitrogens with zero attached hydrogens (tertiary/aromatic N) is 3. The monoisotopic (exact) mass is 329 g/mol. The van der Waals surface area contributed by atoms with E-state index in [9.17, 15) is 4.39 Å². The van der Waals surface area contributed by atoms with Crippen LogP contribution in [0.5, 0.6) is 0 Å². The van der Waals surface area contributed by atoms with Crippen LogP contribution in [-0.2, 0) is 18.8 Å². The molecule has 104 valence electrons. The third-order valence-corrected chi connectivity index (χ3v) is 4.39. The van der Waals surface area contributed by atoms with E-state index in [0.717, 1.165) is 16.9 Å². The molecule has 0 fully saturated rings. The summed E-state index contributed by atoms with van der Waals surface area (Å²) in [4.78, 5) is 8.60. The van der Waals surface area contributed by atoms with Gasteiger partial charge in [0, 0.05) is 30.6 Å². The van der Waals surface area contributed by atoms with Gasteiger partial charge < -0.3 is 4.57 Å². The van der Waals surface area contributed by atoms with Crippen LogP contribution in [0.25, 0.3) is 11.0 Å². The second-order valence-corrected chi connectivity index (χ2v) is 5.90. The highest BCUT2D eigenvalue weighted by atomic mass is 35.5. The summed E-state index contributed by atoms with van der Waals surface area (Å²) in [6.07, 6.45) is 2.56. The fraction of sp³-hybridized carbons (Fsp3) is 0.231. The van der Waals surface area contributed by atoms with Crippen molar-refractivity contribution in [1.29, 1.82) is 0 Å². The third-order valence-electron chi connectivity index (χ3n) is 3.02. The van der Waals surface area contributed by atoms with Crippen LogP contribution in [0.15, 0.2) is 23.7 Å². The van der Waals surface area contributed by atoms with Gasteiger partial charge in [-0.3, -0.25) is 0 Å². The number of imidazole rings is 1. The average molecular weight is 330 g/mol. The maximum atomic E-state index is 13.5. The van der Waals surface area contributed by atoms with Crippen molar-refractivity contribution in [2.24, 2.45) is 0 Å². The summed E-state index contributed by atoms with van der Waals surface area (Å²) in [5.74, 6) is 0.510. The zero-order valence-electron chi connectivity index (χ0n) is 10.3. The molecule has 0 bridgehead atoms. The molecule has 0 aliphatic heterocycles. The Morgan fingerprint density at radius 3 is 2.90 bits per heavy atom. The van der Waals surface area contributed by atoms with Crippen molar-refractivity contribution in [3.8, 4) is 0 Å². The van der Waals surface area contributed by atoms with Gasteiger partial charge in [0.1, 0.15) is 11.6 Å². The summed E-state index contributed by atoms with van der Waals surface area (Å²) >= 11 is 13.4. The normalized spacial score (nSPS) is 11.3. The Balaban J connectivity index is 2.01. The fourth-order valence-electron chi connectivity index (χ4n) is 2.11. The van der Waals surface area contributed by atoms with E-state index >= 15 is 0 Å². The van der Waals surface area contributed by atoms with Gasteiger partial charge in [-0.05, 0) is 6.07 Å². The number of benzene rings is 1. The van der Waals surface area contributed by atoms with E-state index in [-0.39, 0.29) is 10.9 Å². The first kappa shape index (κ1) is 13.8. The van der Waals surface area contributed by atoms with Gasteiger partial charge in [-0.25, -0.2) is 14.4 Å². The summed E-state index contributed by atoms with van der Waals surface area (Å²) in [6.45, 7) is 0.689. The van der Waals surface area contributed by atoms with Gasteiger partial charge in [0.2, 0.25) is 0 Å². The van der Waals surface area contributed by atoms with Crippen LogP contribution in [0.3, 0.4) is 0 Å². The lowest BCUT2D eigenvalue weighted by molar-refractivity contribution is 0.629. The number of fused-ring (bicyclic) bond motifs is 1. The van der Waals surface area contributed by atoms with E-state index < -0.39 is 5.82 Å². The Kier molecular flexibility index (Phi) is 3.92. The van der Waals surface area contributed by atoms with Crippen LogP contribution in [0.2, 0.25) is 5.02 Å². The number of alkyl halides is 1. The molecule has 3 rings (SSSR count). The average Bonchev–Trinajstić information content (AvgIpc) is 3.05. The van der Waals surface area contributed by atoms with Crippen molar-refractivity contribution in [1.82, 2.24) is 14.5 Å². The van der Waals surface area contributed by atoms with Crippen molar-refractivity contribution >= 4 is 45.6 Å². The van der Waals surface area contributed by atoms with Crippen LogP contribution in [0, 0.1) is 5.82 Å². The topological polar surface area (TPSA) is 30.7 Å². The quantitative estimate of drug-likeness (QED) is 0.669. The molecule has 7 heteroatoms. The van der Waals surface area contributed by atoms with Gasteiger partial charge in [-0.15, -0.1) is 22.9 Å². The number of aromatic nitrogens is 3. The molecule has 0 N–H and O–H groups in total. The van der Waals surface area contributed by atoms with Gasteiger partial charge >= 0.3 is 0 Å². The van der Waals surface area contributed by atoms with Crippen LogP contribution in [-0.4, -0.2) is 14.5 Å². The Bertz CT molecular complexity index is 740. The van der Waals surface area contributed by atoms with Crippen LogP contribution >= 0.6 is 34.5 Å². The molecule has 1 aromatic carbocycles. The molecule has 0 amide bonds. The minimum absolute atomic E-state index is 0.0917. The second-order valence-electron chi connectivity index (χ2n) is 4.24. The lowest BCUT2D eigenvalue weighted by Crippen LogP contribution is -2.05. The van der Waals surface area contributed by atoms with Crippen LogP contribution < -0.4 is 0 Å². The molecule has 0 aliphatic rings. The molecule has 0 saturated heterocycles. The molecular formula is C13H10Cl2FN3S. The van der Waals surface area contributed by atoms with Crippen molar-refractivity contribution in [3.05, 3.63) is 45.4 Å². The zero-order valence-corrected chi connectivity index (χ0v) is 12.6. The first-order chi connectivity index (χ1) is 9.69. The van der Waals surface area contributed by atoms with Crippen molar-refractivity contribution in [2.75, 3.05) is 0 Å². The van der Waals surface area contributed by atoms with Crippen molar-refractivity contribution in [3.63, 3.8) is 0 Å². The first-order valence-corrected chi connectivity index (χ1v) is 7.76. The first-order valence-electron chi connectivity index (χ1n) is 5.97. The minimum atomic E-state index is -0.468. The Morgan fingerprint density at radius 1 is 1.35 bits per heavy atom. The Morgan fingerprint density at radius 2 is 2.20 bits per heavy atom. The standard InChI is InChI=1S/C13H10Cl2FN3S/c14-7-12-18-10-6-9(16)8(15)5-11(10)19(12)3-1-13-17-2-4-20-13/h2,4-6H,1,3,7H2. The van der Waals surface area contributed by atoms with Crippen molar-refractivity contribution < 1.29 is 4.39 Å². The molecule has 0 unspecified atom stereocenters. The molecule has 3 nitrogen and oxygen atoms in total. The summed E-state index contributed by atoms with van der Waals surface area (Å²) in [6, 6.07) is 2.94. The summed E-state index contributed by atoms with van der Waals surface area (Å²) in [5, 5.41) is 3.07. The number of aryl methyl sites for hydroxylation is 2. The number of hydrogen-bond donors (Lipinski definition) is 0. The van der Waals surface area contributed by atoms with Gasteiger partial charge in [-0.2, -0.15) is 0 Å². The van der Waals surface area contributed by atoms with E-state index in [1.165, 1.54) is 6.07 Å². The molecule has 0 saturated carbocycles. The van der Waals surface area contributed by atoms with Crippen LogP contribution in [0.1, 0.15) is 10.8 Å².